The van der Waals surface area contributed by atoms with E-state index in [-0.39, 0.29) is 24.1 Å². The number of aryl methyl sites for hydroxylation is 1. The fourth-order valence-corrected chi connectivity index (χ4v) is 6.31. The first-order valence-electron chi connectivity index (χ1n) is 13.7. The van der Waals surface area contributed by atoms with Gasteiger partial charge in [0.15, 0.2) is 0 Å². The van der Waals surface area contributed by atoms with Crippen LogP contribution in [0.1, 0.15) is 37.7 Å². The third kappa shape index (κ3) is 6.48. The second-order valence-corrected chi connectivity index (χ2v) is 11.9. The number of halogens is 2. The van der Waals surface area contributed by atoms with Gasteiger partial charge in [-0.15, -0.1) is 12.4 Å². The number of hydrogen-bond donors (Lipinski definition) is 3. The number of sulfonamides is 1. The van der Waals surface area contributed by atoms with E-state index in [1.165, 1.54) is 11.5 Å². The molecule has 3 heterocycles. The largest absolute Gasteiger partial charge is 0.437 e. The SMILES string of the molecule is Cc1ccc2c(NS(=O)(=O)C=C3CCC3)c(F)ccc2c1Oc1ncccc1-c1ccnc(N[C@H]2CCCNC2)n1.Cl. The highest BCUT2D eigenvalue weighted by atomic mass is 35.5. The number of benzene rings is 2. The molecule has 2 aromatic heterocycles. The topological polar surface area (TPSA) is 118 Å². The standard InChI is InChI=1S/C30H31FN6O3S.ClH/c1-19-9-10-22-23(11-12-25(31)27(22)37-41(38,39)18-20-5-2-6-20)28(19)40-29-24(8-4-15-33-29)26-13-16-34-30(36-26)35-21-7-3-14-32-17-21;/h4,8-13,15-16,18,21,32,37H,2-3,5-7,14,17H2,1H3,(H,34,35,36);1H/t21-;/m0./s1. The third-order valence-electron chi connectivity index (χ3n) is 7.39. The zero-order chi connectivity index (χ0) is 28.4. The summed E-state index contributed by atoms with van der Waals surface area (Å²) in [5, 5.41) is 8.91. The molecule has 2 fully saturated rings. The first kappa shape index (κ1) is 29.7. The van der Waals surface area contributed by atoms with Crippen molar-refractivity contribution < 1.29 is 17.5 Å². The van der Waals surface area contributed by atoms with Gasteiger partial charge in [0.1, 0.15) is 11.6 Å². The summed E-state index contributed by atoms with van der Waals surface area (Å²) in [6.45, 7) is 3.74. The van der Waals surface area contributed by atoms with Crippen molar-refractivity contribution in [2.75, 3.05) is 23.1 Å². The van der Waals surface area contributed by atoms with Crippen molar-refractivity contribution in [3.05, 3.63) is 77.2 Å². The molecule has 0 radical (unpaired) electrons. The van der Waals surface area contributed by atoms with Crippen LogP contribution in [0.3, 0.4) is 0 Å². The van der Waals surface area contributed by atoms with Crippen LogP contribution >= 0.6 is 12.4 Å². The van der Waals surface area contributed by atoms with Crippen molar-refractivity contribution >= 4 is 44.8 Å². The van der Waals surface area contributed by atoms with Crippen LogP contribution in [0.15, 0.2) is 65.8 Å². The van der Waals surface area contributed by atoms with Gasteiger partial charge in [-0.1, -0.05) is 17.7 Å². The molecule has 0 spiro atoms. The Labute approximate surface area is 250 Å². The summed E-state index contributed by atoms with van der Waals surface area (Å²) in [5.74, 6) is 0.612. The number of hydrogen-bond acceptors (Lipinski definition) is 8. The zero-order valence-electron chi connectivity index (χ0n) is 23.1. The average molecular weight is 611 g/mol. The maximum absolute atomic E-state index is 15.0. The van der Waals surface area contributed by atoms with Gasteiger partial charge < -0.3 is 15.4 Å². The molecule has 0 amide bonds. The number of nitrogens with zero attached hydrogens (tertiary/aromatic N) is 3. The van der Waals surface area contributed by atoms with Crippen LogP contribution < -0.4 is 20.1 Å². The molecule has 0 unspecified atom stereocenters. The normalized spacial score (nSPS) is 16.7. The summed E-state index contributed by atoms with van der Waals surface area (Å²) in [4.78, 5) is 13.6. The number of rotatable bonds is 8. The molecule has 4 aromatic rings. The van der Waals surface area contributed by atoms with E-state index in [1.807, 2.05) is 13.0 Å². The second kappa shape index (κ2) is 12.6. The quantitative estimate of drug-likeness (QED) is 0.212. The first-order valence-corrected chi connectivity index (χ1v) is 15.3. The molecule has 1 atom stereocenters. The summed E-state index contributed by atoms with van der Waals surface area (Å²) in [7, 11) is -3.88. The molecule has 6 rings (SSSR count). The molecular formula is C30H32ClFN6O3S. The van der Waals surface area contributed by atoms with E-state index >= 15 is 4.39 Å². The summed E-state index contributed by atoms with van der Waals surface area (Å²) in [6.07, 6.45) is 7.89. The van der Waals surface area contributed by atoms with Crippen molar-refractivity contribution in [3.8, 4) is 22.9 Å². The number of ether oxygens (including phenoxy) is 1. The Kier molecular flexibility index (Phi) is 8.91. The lowest BCUT2D eigenvalue weighted by Crippen LogP contribution is -2.38. The number of nitrogens with one attached hydrogen (secondary N) is 3. The second-order valence-electron chi connectivity index (χ2n) is 10.4. The highest BCUT2D eigenvalue weighted by Gasteiger charge is 2.21. The fourth-order valence-electron chi connectivity index (χ4n) is 5.09. The van der Waals surface area contributed by atoms with E-state index in [2.05, 4.69) is 25.3 Å². The number of pyridine rings is 1. The Morgan fingerprint density at radius 2 is 1.88 bits per heavy atom. The van der Waals surface area contributed by atoms with Crippen molar-refractivity contribution in [2.45, 2.75) is 45.1 Å². The van der Waals surface area contributed by atoms with Crippen LogP contribution in [0, 0.1) is 12.7 Å². The van der Waals surface area contributed by atoms with E-state index in [0.717, 1.165) is 56.3 Å². The average Bonchev–Trinajstić information content (AvgIpc) is 2.95. The Bertz CT molecular complexity index is 1740. The molecule has 1 aliphatic heterocycles. The lowest BCUT2D eigenvalue weighted by atomic mass is 9.95. The molecule has 3 N–H and O–H groups in total. The Balaban J connectivity index is 0.00000353. The number of aromatic nitrogens is 3. The van der Waals surface area contributed by atoms with E-state index in [9.17, 15) is 8.42 Å². The van der Waals surface area contributed by atoms with Crippen LogP contribution in [0.5, 0.6) is 11.6 Å². The van der Waals surface area contributed by atoms with E-state index in [4.69, 9.17) is 9.72 Å². The summed E-state index contributed by atoms with van der Waals surface area (Å²) in [6, 6.07) is 12.0. The molecule has 9 nitrogen and oxygen atoms in total. The molecule has 1 saturated heterocycles. The molecule has 1 aliphatic carbocycles. The molecule has 220 valence electrons. The molecule has 0 bridgehead atoms. The molecular weight excluding hydrogens is 579 g/mol. The summed E-state index contributed by atoms with van der Waals surface area (Å²) in [5.41, 5.74) is 2.79. The van der Waals surface area contributed by atoms with Gasteiger partial charge in [0.05, 0.1) is 22.4 Å². The molecule has 1 saturated carbocycles. The maximum atomic E-state index is 15.0. The first-order chi connectivity index (χ1) is 19.9. The van der Waals surface area contributed by atoms with Gasteiger partial charge >= 0.3 is 0 Å². The minimum Gasteiger partial charge on any atom is -0.437 e. The predicted octanol–water partition coefficient (Wildman–Crippen LogP) is 6.33. The van der Waals surface area contributed by atoms with Gasteiger partial charge in [0.25, 0.3) is 10.0 Å². The van der Waals surface area contributed by atoms with Gasteiger partial charge in [-0.3, -0.25) is 4.72 Å². The summed E-state index contributed by atoms with van der Waals surface area (Å²) >= 11 is 0. The molecule has 2 aliphatic rings. The van der Waals surface area contributed by atoms with E-state index < -0.39 is 15.8 Å². The highest BCUT2D eigenvalue weighted by molar-refractivity contribution is 7.95. The zero-order valence-corrected chi connectivity index (χ0v) is 24.7. The number of anilines is 2. The maximum Gasteiger partial charge on any atom is 0.255 e. The Morgan fingerprint density at radius 3 is 2.64 bits per heavy atom. The molecule has 12 heteroatoms. The highest BCUT2D eigenvalue weighted by Crippen LogP contribution is 2.40. The third-order valence-corrected chi connectivity index (χ3v) is 8.52. The van der Waals surface area contributed by atoms with Crippen molar-refractivity contribution in [1.29, 1.82) is 0 Å². The summed E-state index contributed by atoms with van der Waals surface area (Å²) < 4.78 is 49.4. The minimum atomic E-state index is -3.88. The van der Waals surface area contributed by atoms with Crippen LogP contribution in [-0.2, 0) is 10.0 Å². The van der Waals surface area contributed by atoms with Gasteiger partial charge in [0, 0.05) is 35.8 Å². The van der Waals surface area contributed by atoms with Crippen LogP contribution in [0.4, 0.5) is 16.0 Å². The number of piperidine rings is 1. The van der Waals surface area contributed by atoms with Crippen molar-refractivity contribution in [1.82, 2.24) is 20.3 Å². The fraction of sp³-hybridized carbons (Fsp3) is 0.300. The smallest absolute Gasteiger partial charge is 0.255 e. The monoisotopic (exact) mass is 610 g/mol. The lowest BCUT2D eigenvalue weighted by molar-refractivity contribution is 0.466. The molecule has 2 aromatic carbocycles. The van der Waals surface area contributed by atoms with Crippen LogP contribution in [0.25, 0.3) is 22.0 Å². The van der Waals surface area contributed by atoms with Gasteiger partial charge in [0.2, 0.25) is 11.8 Å². The predicted molar refractivity (Wildman–Crippen MR) is 165 cm³/mol. The van der Waals surface area contributed by atoms with E-state index in [0.29, 0.717) is 39.6 Å². The number of allylic oxidation sites excluding steroid dienone is 1. The van der Waals surface area contributed by atoms with Crippen molar-refractivity contribution in [2.24, 2.45) is 0 Å². The van der Waals surface area contributed by atoms with E-state index in [1.54, 1.807) is 42.7 Å². The number of fused-ring (bicyclic) bond motifs is 1. The Morgan fingerprint density at radius 1 is 1.05 bits per heavy atom. The minimum absolute atomic E-state index is 0. The lowest BCUT2D eigenvalue weighted by Gasteiger charge is -2.23. The van der Waals surface area contributed by atoms with Crippen molar-refractivity contribution in [3.63, 3.8) is 0 Å². The van der Waals surface area contributed by atoms with Crippen LogP contribution in [-0.4, -0.2) is 42.5 Å². The Hall–Kier alpha value is -3.80. The van der Waals surface area contributed by atoms with Crippen LogP contribution in [0.2, 0.25) is 0 Å². The molecule has 42 heavy (non-hydrogen) atoms. The van der Waals surface area contributed by atoms with Gasteiger partial charge in [-0.25, -0.2) is 27.8 Å². The van der Waals surface area contributed by atoms with Gasteiger partial charge in [-0.05, 0) is 81.5 Å². The van der Waals surface area contributed by atoms with Gasteiger partial charge in [-0.2, -0.15) is 0 Å².